The second-order valence-electron chi connectivity index (χ2n) is 3.81. The Balaban J connectivity index is 2.61. The molecular formula is C11H11F6NO. The molecule has 8 heteroatoms. The minimum absolute atomic E-state index is 0.163. The molecule has 0 aliphatic carbocycles. The van der Waals surface area contributed by atoms with Gasteiger partial charge in [0.05, 0.1) is 12.2 Å². The molecule has 1 rings (SSSR count). The summed E-state index contributed by atoms with van der Waals surface area (Å²) in [6.45, 7) is -0.319. The molecule has 108 valence electrons. The number of benzene rings is 1. The third kappa shape index (κ3) is 5.27. The Morgan fingerprint density at radius 1 is 1.05 bits per heavy atom. The number of nitrogen functional groups attached to an aromatic ring is 1. The second kappa shape index (κ2) is 5.58. The number of nitrogens with two attached hydrogens (primary N) is 1. The topological polar surface area (TPSA) is 35.2 Å². The lowest BCUT2D eigenvalue weighted by Gasteiger charge is -2.13. The molecule has 0 saturated heterocycles. The quantitative estimate of drug-likeness (QED) is 0.516. The summed E-state index contributed by atoms with van der Waals surface area (Å²) < 4.78 is 77.8. The van der Waals surface area contributed by atoms with E-state index in [2.05, 4.69) is 0 Å². The van der Waals surface area contributed by atoms with E-state index in [1.54, 1.807) is 0 Å². The van der Waals surface area contributed by atoms with E-state index in [1.165, 1.54) is 6.07 Å². The maximum atomic E-state index is 12.5. The van der Waals surface area contributed by atoms with Crippen LogP contribution in [0.3, 0.4) is 0 Å². The van der Waals surface area contributed by atoms with Crippen LogP contribution in [0.25, 0.3) is 0 Å². The van der Waals surface area contributed by atoms with Crippen molar-refractivity contribution in [1.29, 1.82) is 0 Å². The summed E-state index contributed by atoms with van der Waals surface area (Å²) in [5, 5.41) is 0. The van der Waals surface area contributed by atoms with Gasteiger partial charge < -0.3 is 10.5 Å². The standard InChI is InChI=1S/C11H11F6NO/c12-10(13,14)4-1-5-19-7-2-3-9(18)8(6-7)11(15,16)17/h2-3,6H,1,4-5,18H2. The van der Waals surface area contributed by atoms with Crippen LogP contribution in [0.15, 0.2) is 18.2 Å². The summed E-state index contributed by atoms with van der Waals surface area (Å²) in [6, 6.07) is 2.85. The number of halogens is 6. The van der Waals surface area contributed by atoms with Gasteiger partial charge in [0.2, 0.25) is 0 Å². The number of hydrogen-bond donors (Lipinski definition) is 1. The molecule has 0 aromatic heterocycles. The molecule has 0 spiro atoms. The van der Waals surface area contributed by atoms with Gasteiger partial charge in [-0.05, 0) is 24.6 Å². The summed E-state index contributed by atoms with van der Waals surface area (Å²) in [5.74, 6) is -0.163. The van der Waals surface area contributed by atoms with Crippen molar-refractivity contribution in [1.82, 2.24) is 0 Å². The lowest BCUT2D eigenvalue weighted by molar-refractivity contribution is -0.137. The zero-order valence-corrected chi connectivity index (χ0v) is 9.61. The molecule has 0 unspecified atom stereocenters. The fraction of sp³-hybridized carbons (Fsp3) is 0.455. The lowest BCUT2D eigenvalue weighted by Crippen LogP contribution is -2.11. The molecule has 0 aliphatic heterocycles. The molecule has 0 bridgehead atoms. The first-order valence-corrected chi connectivity index (χ1v) is 5.26. The Morgan fingerprint density at radius 2 is 1.68 bits per heavy atom. The van der Waals surface area contributed by atoms with E-state index in [1.807, 2.05) is 0 Å². The summed E-state index contributed by atoms with van der Waals surface area (Å²) in [4.78, 5) is 0. The van der Waals surface area contributed by atoms with E-state index in [4.69, 9.17) is 10.5 Å². The molecule has 0 radical (unpaired) electrons. The summed E-state index contributed by atoms with van der Waals surface area (Å²) in [6.07, 6.45) is -10.3. The fourth-order valence-electron chi connectivity index (χ4n) is 1.33. The van der Waals surface area contributed by atoms with Gasteiger partial charge >= 0.3 is 12.4 Å². The number of hydrogen-bond acceptors (Lipinski definition) is 2. The average Bonchev–Trinajstić information content (AvgIpc) is 2.23. The van der Waals surface area contributed by atoms with Crippen molar-refractivity contribution in [3.8, 4) is 5.75 Å². The molecule has 19 heavy (non-hydrogen) atoms. The first-order chi connectivity index (χ1) is 8.59. The van der Waals surface area contributed by atoms with E-state index < -0.39 is 30.0 Å². The van der Waals surface area contributed by atoms with Gasteiger partial charge in [0.25, 0.3) is 0 Å². The van der Waals surface area contributed by atoms with E-state index in [0.29, 0.717) is 6.07 Å². The minimum atomic E-state index is -4.63. The van der Waals surface area contributed by atoms with Crippen molar-refractivity contribution >= 4 is 5.69 Å². The van der Waals surface area contributed by atoms with Gasteiger partial charge in [-0.15, -0.1) is 0 Å². The number of alkyl halides is 6. The van der Waals surface area contributed by atoms with Gasteiger partial charge in [0.15, 0.2) is 0 Å². The number of anilines is 1. The molecule has 0 amide bonds. The van der Waals surface area contributed by atoms with E-state index in [9.17, 15) is 26.3 Å². The normalized spacial score (nSPS) is 12.5. The van der Waals surface area contributed by atoms with Crippen molar-refractivity contribution in [2.24, 2.45) is 0 Å². The van der Waals surface area contributed by atoms with Crippen molar-refractivity contribution in [3.05, 3.63) is 23.8 Å². The third-order valence-electron chi connectivity index (χ3n) is 2.20. The molecule has 1 aromatic rings. The smallest absolute Gasteiger partial charge is 0.418 e. The predicted molar refractivity (Wildman–Crippen MR) is 56.6 cm³/mol. The zero-order chi connectivity index (χ0) is 14.7. The number of rotatable bonds is 4. The van der Waals surface area contributed by atoms with E-state index in [-0.39, 0.29) is 18.8 Å². The molecule has 1 aromatic carbocycles. The van der Waals surface area contributed by atoms with Gasteiger partial charge in [-0.25, -0.2) is 0 Å². The molecular weight excluding hydrogens is 276 g/mol. The molecule has 0 heterocycles. The van der Waals surface area contributed by atoms with Crippen molar-refractivity contribution < 1.29 is 31.1 Å². The van der Waals surface area contributed by atoms with Gasteiger partial charge in [0.1, 0.15) is 5.75 Å². The Bertz CT molecular complexity index is 426. The van der Waals surface area contributed by atoms with Crippen LogP contribution in [0.5, 0.6) is 5.75 Å². The lowest BCUT2D eigenvalue weighted by atomic mass is 10.1. The van der Waals surface area contributed by atoms with Crippen LogP contribution in [-0.2, 0) is 6.18 Å². The Hall–Kier alpha value is -1.60. The maximum absolute atomic E-state index is 12.5. The second-order valence-corrected chi connectivity index (χ2v) is 3.81. The van der Waals surface area contributed by atoms with Crippen LogP contribution in [0.4, 0.5) is 32.0 Å². The zero-order valence-electron chi connectivity index (χ0n) is 9.61. The first kappa shape index (κ1) is 15.5. The highest BCUT2D eigenvalue weighted by molar-refractivity contribution is 5.51. The number of ether oxygens (including phenoxy) is 1. The highest BCUT2D eigenvalue weighted by atomic mass is 19.4. The van der Waals surface area contributed by atoms with Crippen molar-refractivity contribution in [3.63, 3.8) is 0 Å². The van der Waals surface area contributed by atoms with Crippen LogP contribution in [-0.4, -0.2) is 12.8 Å². The molecule has 0 atom stereocenters. The maximum Gasteiger partial charge on any atom is 0.418 e. The van der Waals surface area contributed by atoms with Crippen molar-refractivity contribution in [2.45, 2.75) is 25.2 Å². The summed E-state index contributed by atoms with van der Waals surface area (Å²) >= 11 is 0. The highest BCUT2D eigenvalue weighted by Gasteiger charge is 2.33. The molecule has 0 saturated carbocycles. The Kier molecular flexibility index (Phi) is 4.54. The monoisotopic (exact) mass is 287 g/mol. The van der Waals surface area contributed by atoms with Crippen LogP contribution in [0.2, 0.25) is 0 Å². The predicted octanol–water partition coefficient (Wildman–Crippen LogP) is 4.01. The highest BCUT2D eigenvalue weighted by Crippen LogP contribution is 2.35. The van der Waals surface area contributed by atoms with Crippen LogP contribution < -0.4 is 10.5 Å². The van der Waals surface area contributed by atoms with E-state index >= 15 is 0 Å². The first-order valence-electron chi connectivity index (χ1n) is 5.26. The Labute approximate surface area is 105 Å². The van der Waals surface area contributed by atoms with Gasteiger partial charge in [0, 0.05) is 12.1 Å². The van der Waals surface area contributed by atoms with E-state index in [0.717, 1.165) is 6.07 Å². The van der Waals surface area contributed by atoms with Crippen LogP contribution in [0.1, 0.15) is 18.4 Å². The van der Waals surface area contributed by atoms with Gasteiger partial charge in [-0.1, -0.05) is 0 Å². The summed E-state index contributed by atoms with van der Waals surface area (Å²) in [7, 11) is 0. The van der Waals surface area contributed by atoms with Crippen molar-refractivity contribution in [2.75, 3.05) is 12.3 Å². The third-order valence-corrected chi connectivity index (χ3v) is 2.20. The van der Waals surface area contributed by atoms with Gasteiger partial charge in [-0.2, -0.15) is 26.3 Å². The Morgan fingerprint density at radius 3 is 2.21 bits per heavy atom. The summed E-state index contributed by atoms with van der Waals surface area (Å²) in [5.41, 5.74) is 3.63. The van der Waals surface area contributed by atoms with Gasteiger partial charge in [-0.3, -0.25) is 0 Å². The molecule has 2 nitrogen and oxygen atoms in total. The average molecular weight is 287 g/mol. The fourth-order valence-corrected chi connectivity index (χ4v) is 1.33. The molecule has 0 fully saturated rings. The molecule has 2 N–H and O–H groups in total. The minimum Gasteiger partial charge on any atom is -0.494 e. The SMILES string of the molecule is Nc1ccc(OCCCC(F)(F)F)cc1C(F)(F)F. The molecule has 0 aliphatic rings. The largest absolute Gasteiger partial charge is 0.494 e. The van der Waals surface area contributed by atoms with Crippen LogP contribution in [0, 0.1) is 0 Å². The van der Waals surface area contributed by atoms with Crippen LogP contribution >= 0.6 is 0 Å².